The van der Waals surface area contributed by atoms with Crippen LogP contribution in [0.5, 0.6) is 0 Å². The van der Waals surface area contributed by atoms with E-state index in [2.05, 4.69) is 0 Å². The van der Waals surface area contributed by atoms with E-state index in [4.69, 9.17) is 28.3 Å². The molecule has 4 nitrogen and oxygen atoms in total. The molecule has 1 fully saturated rings. The van der Waals surface area contributed by atoms with Crippen molar-refractivity contribution in [3.63, 3.8) is 0 Å². The molecule has 0 aromatic heterocycles. The zero-order valence-electron chi connectivity index (χ0n) is 10.1. The molecule has 1 aromatic carbocycles. The molecule has 0 spiro atoms. The summed E-state index contributed by atoms with van der Waals surface area (Å²) in [5, 5.41) is 9.56. The van der Waals surface area contributed by atoms with Gasteiger partial charge in [0, 0.05) is 13.1 Å². The van der Waals surface area contributed by atoms with Crippen molar-refractivity contribution in [2.45, 2.75) is 12.8 Å². The van der Waals surface area contributed by atoms with E-state index >= 15 is 0 Å². The molecular weight excluding hydrogens is 289 g/mol. The average Bonchev–Trinajstić information content (AvgIpc) is 2.41. The Morgan fingerprint density at radius 3 is 2.74 bits per heavy atom. The second-order valence-corrected chi connectivity index (χ2v) is 5.32. The van der Waals surface area contributed by atoms with Crippen molar-refractivity contribution in [3.05, 3.63) is 33.8 Å². The Labute approximate surface area is 120 Å². The van der Waals surface area contributed by atoms with Crippen molar-refractivity contribution in [3.8, 4) is 0 Å². The fraction of sp³-hybridized carbons (Fsp3) is 0.385. The van der Waals surface area contributed by atoms with Crippen molar-refractivity contribution in [1.29, 1.82) is 0 Å². The van der Waals surface area contributed by atoms with Gasteiger partial charge in [-0.3, -0.25) is 9.59 Å². The number of nitrogens with zero attached hydrogens (tertiary/aromatic N) is 1. The van der Waals surface area contributed by atoms with Crippen LogP contribution in [0.2, 0.25) is 10.0 Å². The minimum atomic E-state index is -0.866. The van der Waals surface area contributed by atoms with Crippen LogP contribution in [0.15, 0.2) is 18.2 Å². The molecule has 0 unspecified atom stereocenters. The van der Waals surface area contributed by atoms with Gasteiger partial charge in [-0.25, -0.2) is 0 Å². The highest BCUT2D eigenvalue weighted by Crippen LogP contribution is 2.28. The van der Waals surface area contributed by atoms with E-state index < -0.39 is 11.9 Å². The highest BCUT2D eigenvalue weighted by molar-refractivity contribution is 6.43. The number of hydrogen-bond acceptors (Lipinski definition) is 2. The van der Waals surface area contributed by atoms with Gasteiger partial charge in [-0.2, -0.15) is 0 Å². The number of halogens is 2. The number of piperidine rings is 1. The zero-order chi connectivity index (χ0) is 14.0. The summed E-state index contributed by atoms with van der Waals surface area (Å²) < 4.78 is 0. The fourth-order valence-corrected chi connectivity index (χ4v) is 2.58. The van der Waals surface area contributed by atoms with Gasteiger partial charge in [0.1, 0.15) is 0 Å². The van der Waals surface area contributed by atoms with Crippen molar-refractivity contribution in [1.82, 2.24) is 4.90 Å². The third-order valence-corrected chi connectivity index (χ3v) is 4.06. The van der Waals surface area contributed by atoms with Crippen LogP contribution in [0.1, 0.15) is 23.2 Å². The third kappa shape index (κ3) is 3.01. The smallest absolute Gasteiger partial charge is 0.308 e. The molecule has 0 aliphatic carbocycles. The molecule has 1 atom stereocenters. The third-order valence-electron chi connectivity index (χ3n) is 3.24. The topological polar surface area (TPSA) is 57.6 Å². The highest BCUT2D eigenvalue weighted by atomic mass is 35.5. The Morgan fingerprint density at radius 2 is 2.05 bits per heavy atom. The van der Waals surface area contributed by atoms with Crippen LogP contribution in [0.4, 0.5) is 0 Å². The second kappa shape index (κ2) is 5.80. The van der Waals surface area contributed by atoms with E-state index in [9.17, 15) is 9.59 Å². The first-order valence-electron chi connectivity index (χ1n) is 5.97. The minimum Gasteiger partial charge on any atom is -0.481 e. The summed E-state index contributed by atoms with van der Waals surface area (Å²) in [6.45, 7) is 0.766. The normalized spacial score (nSPS) is 19.3. The number of amides is 1. The molecule has 0 bridgehead atoms. The van der Waals surface area contributed by atoms with Crippen LogP contribution in [0.3, 0.4) is 0 Å². The van der Waals surface area contributed by atoms with Gasteiger partial charge in [0.2, 0.25) is 0 Å². The SMILES string of the molecule is O=C(O)[C@@H]1CCCN(C(=O)c2cccc(Cl)c2Cl)C1. The van der Waals surface area contributed by atoms with Gasteiger partial charge in [0.15, 0.2) is 0 Å². The molecule has 1 aliphatic heterocycles. The molecule has 1 aliphatic rings. The van der Waals surface area contributed by atoms with E-state index in [1.807, 2.05) is 0 Å². The predicted octanol–water partition coefficient (Wildman–Crippen LogP) is 2.93. The summed E-state index contributed by atoms with van der Waals surface area (Å²) >= 11 is 11.9. The van der Waals surface area contributed by atoms with Crippen LogP contribution >= 0.6 is 23.2 Å². The first kappa shape index (κ1) is 14.2. The lowest BCUT2D eigenvalue weighted by atomic mass is 9.97. The maximum Gasteiger partial charge on any atom is 0.308 e. The molecule has 0 saturated carbocycles. The first-order chi connectivity index (χ1) is 9.00. The molecule has 1 amide bonds. The second-order valence-electron chi connectivity index (χ2n) is 4.53. The first-order valence-corrected chi connectivity index (χ1v) is 6.72. The largest absolute Gasteiger partial charge is 0.481 e. The van der Waals surface area contributed by atoms with E-state index in [1.54, 1.807) is 18.2 Å². The van der Waals surface area contributed by atoms with Crippen molar-refractivity contribution >= 4 is 35.1 Å². The quantitative estimate of drug-likeness (QED) is 0.914. The van der Waals surface area contributed by atoms with Gasteiger partial charge in [0.05, 0.1) is 21.5 Å². The minimum absolute atomic E-state index is 0.214. The lowest BCUT2D eigenvalue weighted by Gasteiger charge is -2.31. The Kier molecular flexibility index (Phi) is 4.32. The number of hydrogen-bond donors (Lipinski definition) is 1. The standard InChI is InChI=1S/C13H13Cl2NO3/c14-10-5-1-4-9(11(10)15)12(17)16-6-2-3-8(7-16)13(18)19/h1,4-5,8H,2-3,6-7H2,(H,18,19)/t8-/m1/s1. The van der Waals surface area contributed by atoms with Gasteiger partial charge in [-0.15, -0.1) is 0 Å². The summed E-state index contributed by atoms with van der Waals surface area (Å²) in [5.74, 6) is -1.64. The molecule has 1 aromatic rings. The molecule has 6 heteroatoms. The number of rotatable bonds is 2. The maximum absolute atomic E-state index is 12.3. The Bertz CT molecular complexity index is 519. The van der Waals surface area contributed by atoms with Crippen LogP contribution in [0, 0.1) is 5.92 Å². The predicted molar refractivity (Wildman–Crippen MR) is 72.7 cm³/mol. The molecule has 19 heavy (non-hydrogen) atoms. The summed E-state index contributed by atoms with van der Waals surface area (Å²) in [4.78, 5) is 24.9. The van der Waals surface area contributed by atoms with Gasteiger partial charge in [-0.05, 0) is 25.0 Å². The van der Waals surface area contributed by atoms with E-state index in [0.29, 0.717) is 30.0 Å². The molecule has 2 rings (SSSR count). The Balaban J connectivity index is 2.19. The van der Waals surface area contributed by atoms with Crippen LogP contribution in [-0.4, -0.2) is 35.0 Å². The molecule has 102 valence electrons. The van der Waals surface area contributed by atoms with Gasteiger partial charge >= 0.3 is 5.97 Å². The molecule has 1 heterocycles. The summed E-state index contributed by atoms with van der Waals surface area (Å²) in [6.07, 6.45) is 1.28. The van der Waals surface area contributed by atoms with Crippen molar-refractivity contribution < 1.29 is 14.7 Å². The number of likely N-dealkylation sites (tertiary alicyclic amines) is 1. The van der Waals surface area contributed by atoms with Crippen LogP contribution < -0.4 is 0 Å². The number of carbonyl (C=O) groups is 2. The fourth-order valence-electron chi connectivity index (χ4n) is 2.20. The number of carboxylic acids is 1. The monoisotopic (exact) mass is 301 g/mol. The number of carbonyl (C=O) groups excluding carboxylic acids is 1. The van der Waals surface area contributed by atoms with Crippen molar-refractivity contribution in [2.24, 2.45) is 5.92 Å². The molecule has 1 N–H and O–H groups in total. The zero-order valence-corrected chi connectivity index (χ0v) is 11.6. The lowest BCUT2D eigenvalue weighted by Crippen LogP contribution is -2.42. The van der Waals surface area contributed by atoms with E-state index in [-0.39, 0.29) is 17.5 Å². The number of carboxylic acid groups (broad SMARTS) is 1. The van der Waals surface area contributed by atoms with Crippen LogP contribution in [-0.2, 0) is 4.79 Å². The number of benzene rings is 1. The molecule has 1 saturated heterocycles. The maximum atomic E-state index is 12.3. The molecule has 0 radical (unpaired) electrons. The van der Waals surface area contributed by atoms with Gasteiger partial charge in [-0.1, -0.05) is 29.3 Å². The Hall–Kier alpha value is -1.26. The molecular formula is C13H13Cl2NO3. The average molecular weight is 302 g/mol. The van der Waals surface area contributed by atoms with E-state index in [0.717, 1.165) is 0 Å². The highest BCUT2D eigenvalue weighted by Gasteiger charge is 2.29. The Morgan fingerprint density at radius 1 is 1.32 bits per heavy atom. The van der Waals surface area contributed by atoms with Crippen LogP contribution in [0.25, 0.3) is 0 Å². The van der Waals surface area contributed by atoms with Crippen molar-refractivity contribution in [2.75, 3.05) is 13.1 Å². The summed E-state index contributed by atoms with van der Waals surface area (Å²) in [5.41, 5.74) is 0.320. The summed E-state index contributed by atoms with van der Waals surface area (Å²) in [7, 11) is 0. The van der Waals surface area contributed by atoms with Gasteiger partial charge in [0.25, 0.3) is 5.91 Å². The summed E-state index contributed by atoms with van der Waals surface area (Å²) in [6, 6.07) is 4.86. The number of aliphatic carboxylic acids is 1. The lowest BCUT2D eigenvalue weighted by molar-refractivity contribution is -0.143. The van der Waals surface area contributed by atoms with E-state index in [1.165, 1.54) is 4.90 Å². The van der Waals surface area contributed by atoms with Gasteiger partial charge < -0.3 is 10.0 Å².